The van der Waals surface area contributed by atoms with Crippen molar-refractivity contribution in [1.82, 2.24) is 0 Å². The number of methoxy groups -OCH3 is 2. The summed E-state index contributed by atoms with van der Waals surface area (Å²) in [6.45, 7) is 0.789. The summed E-state index contributed by atoms with van der Waals surface area (Å²) in [6.07, 6.45) is 1.80. The van der Waals surface area contributed by atoms with Crippen molar-refractivity contribution in [3.8, 4) is 11.5 Å². The molecule has 1 aliphatic heterocycles. The molecule has 0 radical (unpaired) electrons. The molecule has 0 saturated carbocycles. The number of nitrogens with zero attached hydrogens (tertiary/aromatic N) is 1. The molecule has 1 aliphatic rings. The van der Waals surface area contributed by atoms with Crippen LogP contribution in [0.4, 0.5) is 0 Å². The first-order valence-corrected chi connectivity index (χ1v) is 9.22. The van der Waals surface area contributed by atoms with Gasteiger partial charge in [0.25, 0.3) is 0 Å². The minimum absolute atomic E-state index is 0.742. The van der Waals surface area contributed by atoms with Gasteiger partial charge in [-0.25, -0.2) is 0 Å². The number of hydrogen-bond donors (Lipinski definition) is 0. The molecule has 1 heterocycles. The molecular weight excluding hydrogens is 334 g/mol. The van der Waals surface area contributed by atoms with Gasteiger partial charge in [0.05, 0.1) is 19.9 Å². The molecule has 0 saturated heterocycles. The van der Waals surface area contributed by atoms with Gasteiger partial charge in [-0.3, -0.25) is 4.99 Å². The van der Waals surface area contributed by atoms with E-state index in [1.54, 1.807) is 14.2 Å². The lowest BCUT2D eigenvalue weighted by Crippen LogP contribution is -2.16. The largest absolute Gasteiger partial charge is 0.493 e. The summed E-state index contributed by atoms with van der Waals surface area (Å²) in [5.41, 5.74) is 7.21. The van der Waals surface area contributed by atoms with Crippen molar-refractivity contribution in [2.45, 2.75) is 12.8 Å². The van der Waals surface area contributed by atoms with Crippen LogP contribution >= 0.6 is 0 Å². The smallest absolute Gasteiger partial charge is 0.161 e. The number of rotatable bonds is 5. The van der Waals surface area contributed by atoms with Crippen LogP contribution in [0.15, 0.2) is 71.7 Å². The molecule has 4 rings (SSSR count). The third kappa shape index (κ3) is 3.45. The Kier molecular flexibility index (Phi) is 4.93. The number of fused-ring (bicyclic) bond motifs is 1. The van der Waals surface area contributed by atoms with Gasteiger partial charge in [0.1, 0.15) is 0 Å². The summed E-state index contributed by atoms with van der Waals surface area (Å²) < 4.78 is 11.0. The second-order valence-electron chi connectivity index (χ2n) is 6.66. The third-order valence-corrected chi connectivity index (χ3v) is 5.03. The highest BCUT2D eigenvalue weighted by atomic mass is 16.5. The van der Waals surface area contributed by atoms with Gasteiger partial charge < -0.3 is 9.47 Å². The topological polar surface area (TPSA) is 30.8 Å². The Morgan fingerprint density at radius 3 is 2.30 bits per heavy atom. The molecule has 3 heteroatoms. The van der Waals surface area contributed by atoms with E-state index in [0.717, 1.165) is 42.2 Å². The predicted octanol–water partition coefficient (Wildman–Crippen LogP) is 4.69. The fourth-order valence-electron chi connectivity index (χ4n) is 3.67. The van der Waals surface area contributed by atoms with Gasteiger partial charge in [-0.1, -0.05) is 54.6 Å². The van der Waals surface area contributed by atoms with Crippen LogP contribution in [-0.4, -0.2) is 26.5 Å². The van der Waals surface area contributed by atoms with E-state index >= 15 is 0 Å². The van der Waals surface area contributed by atoms with Crippen molar-refractivity contribution in [3.05, 3.63) is 94.5 Å². The fourth-order valence-corrected chi connectivity index (χ4v) is 3.67. The Morgan fingerprint density at radius 2 is 1.52 bits per heavy atom. The average Bonchev–Trinajstić information content (AvgIpc) is 2.73. The minimum Gasteiger partial charge on any atom is -0.493 e. The second-order valence-corrected chi connectivity index (χ2v) is 6.66. The molecule has 27 heavy (non-hydrogen) atoms. The second kappa shape index (κ2) is 7.67. The molecule has 0 aromatic heterocycles. The maximum absolute atomic E-state index is 5.53. The fraction of sp³-hybridized carbons (Fsp3) is 0.208. The molecule has 0 amide bonds. The van der Waals surface area contributed by atoms with Crippen molar-refractivity contribution in [3.63, 3.8) is 0 Å². The number of benzene rings is 3. The molecule has 0 atom stereocenters. The zero-order valence-corrected chi connectivity index (χ0v) is 15.7. The van der Waals surface area contributed by atoms with Gasteiger partial charge >= 0.3 is 0 Å². The monoisotopic (exact) mass is 357 g/mol. The van der Waals surface area contributed by atoms with Crippen LogP contribution in [0.5, 0.6) is 11.5 Å². The SMILES string of the molecule is COc1cc2c(cc1OC)C(c1ccccc1Cc1ccccc1)=NCC2. The van der Waals surface area contributed by atoms with Crippen LogP contribution in [0.3, 0.4) is 0 Å². The summed E-state index contributed by atoms with van der Waals surface area (Å²) in [6, 6.07) is 23.3. The van der Waals surface area contributed by atoms with Crippen molar-refractivity contribution >= 4 is 5.71 Å². The molecule has 3 aromatic carbocycles. The van der Waals surface area contributed by atoms with E-state index < -0.39 is 0 Å². The minimum atomic E-state index is 0.742. The average molecular weight is 357 g/mol. The van der Waals surface area contributed by atoms with Crippen LogP contribution in [0.1, 0.15) is 27.8 Å². The molecule has 0 aliphatic carbocycles. The summed E-state index contributed by atoms with van der Waals surface area (Å²) in [5.74, 6) is 1.52. The van der Waals surface area contributed by atoms with Gasteiger partial charge in [0, 0.05) is 17.7 Å². The standard InChI is InChI=1S/C24H23NO2/c1-26-22-15-19-12-13-25-24(21(19)16-23(22)27-2)20-11-7-6-10-18(20)14-17-8-4-3-5-9-17/h3-11,15-16H,12-14H2,1-2H3. The zero-order chi connectivity index (χ0) is 18.6. The zero-order valence-electron chi connectivity index (χ0n) is 15.7. The van der Waals surface area contributed by atoms with Crippen LogP contribution in [0, 0.1) is 0 Å². The van der Waals surface area contributed by atoms with E-state index in [1.807, 2.05) is 0 Å². The van der Waals surface area contributed by atoms with Gasteiger partial charge in [0.2, 0.25) is 0 Å². The van der Waals surface area contributed by atoms with Crippen molar-refractivity contribution < 1.29 is 9.47 Å². The maximum Gasteiger partial charge on any atom is 0.161 e. The van der Waals surface area contributed by atoms with Crippen molar-refractivity contribution in [1.29, 1.82) is 0 Å². The molecule has 0 unspecified atom stereocenters. The Labute approximate surface area is 160 Å². The molecule has 0 bridgehead atoms. The highest BCUT2D eigenvalue weighted by Crippen LogP contribution is 2.34. The van der Waals surface area contributed by atoms with Crippen LogP contribution in [0.25, 0.3) is 0 Å². The van der Waals surface area contributed by atoms with E-state index in [9.17, 15) is 0 Å². The summed E-state index contributed by atoms with van der Waals surface area (Å²) >= 11 is 0. The molecule has 0 spiro atoms. The van der Waals surface area contributed by atoms with E-state index in [-0.39, 0.29) is 0 Å². The van der Waals surface area contributed by atoms with Gasteiger partial charge in [-0.15, -0.1) is 0 Å². The summed E-state index contributed by atoms with van der Waals surface area (Å²) in [5, 5.41) is 0. The van der Waals surface area contributed by atoms with Gasteiger partial charge in [0.15, 0.2) is 11.5 Å². The Bertz CT molecular complexity index is 977. The number of aliphatic imine (C=N–C) groups is 1. The quantitative estimate of drug-likeness (QED) is 0.663. The van der Waals surface area contributed by atoms with Crippen molar-refractivity contribution in [2.75, 3.05) is 20.8 Å². The van der Waals surface area contributed by atoms with Crippen LogP contribution in [-0.2, 0) is 12.8 Å². The van der Waals surface area contributed by atoms with Gasteiger partial charge in [-0.05, 0) is 41.7 Å². The number of ether oxygens (including phenoxy) is 2. The molecular formula is C24H23NO2. The first-order valence-electron chi connectivity index (χ1n) is 9.22. The predicted molar refractivity (Wildman–Crippen MR) is 109 cm³/mol. The van der Waals surface area contributed by atoms with E-state index in [0.29, 0.717) is 0 Å². The lowest BCUT2D eigenvalue weighted by atomic mass is 9.89. The Balaban J connectivity index is 1.79. The van der Waals surface area contributed by atoms with E-state index in [4.69, 9.17) is 14.5 Å². The Morgan fingerprint density at radius 1 is 0.815 bits per heavy atom. The highest BCUT2D eigenvalue weighted by molar-refractivity contribution is 6.15. The molecule has 3 nitrogen and oxygen atoms in total. The number of hydrogen-bond acceptors (Lipinski definition) is 3. The van der Waals surface area contributed by atoms with Crippen LogP contribution in [0.2, 0.25) is 0 Å². The normalized spacial score (nSPS) is 12.9. The van der Waals surface area contributed by atoms with E-state index in [2.05, 4.69) is 66.7 Å². The lowest BCUT2D eigenvalue weighted by Gasteiger charge is -2.21. The first kappa shape index (κ1) is 17.3. The van der Waals surface area contributed by atoms with E-state index in [1.165, 1.54) is 22.3 Å². The lowest BCUT2D eigenvalue weighted by molar-refractivity contribution is 0.354. The van der Waals surface area contributed by atoms with Crippen LogP contribution < -0.4 is 9.47 Å². The van der Waals surface area contributed by atoms with Gasteiger partial charge in [-0.2, -0.15) is 0 Å². The Hall–Kier alpha value is -3.07. The highest BCUT2D eigenvalue weighted by Gasteiger charge is 2.21. The summed E-state index contributed by atoms with van der Waals surface area (Å²) in [4.78, 5) is 4.89. The first-order chi connectivity index (χ1) is 13.3. The third-order valence-electron chi connectivity index (χ3n) is 5.03. The molecule has 3 aromatic rings. The molecule has 0 fully saturated rings. The molecule has 0 N–H and O–H groups in total. The molecule has 136 valence electrons. The summed E-state index contributed by atoms with van der Waals surface area (Å²) in [7, 11) is 3.35. The maximum atomic E-state index is 5.53. The van der Waals surface area contributed by atoms with Crippen molar-refractivity contribution in [2.24, 2.45) is 4.99 Å².